The lowest BCUT2D eigenvalue weighted by Crippen LogP contribution is -2.47. The third kappa shape index (κ3) is 5.69. The maximum Gasteiger partial charge on any atom is 0.434 e. The molecule has 0 atom stereocenters. The molecule has 212 valence electrons. The third-order valence-corrected chi connectivity index (χ3v) is 7.80. The highest BCUT2D eigenvalue weighted by atomic mass is 19.4. The topological polar surface area (TPSA) is 74.5 Å². The minimum absolute atomic E-state index is 0.119. The van der Waals surface area contributed by atoms with Crippen LogP contribution in [-0.2, 0) is 6.18 Å². The number of anilines is 1. The van der Waals surface area contributed by atoms with Crippen molar-refractivity contribution >= 4 is 11.7 Å². The second-order valence-electron chi connectivity index (χ2n) is 10.8. The standard InChI is InChI=1S/C31H30F3N5O2/c1-20-5-12-24(22-8-10-23(11-9-22)38-15-13-37(14-16-38)19-21-6-7-21)25(17-20)27-3-2-4-28(36-27)39-29(31(32,33)34)26(18-35-39)30(40)41/h2-5,8-12,17-18,21H,6-7,13-16,19H2,1H3,(H,40,41). The number of hydrogen-bond donors (Lipinski definition) is 1. The Kier molecular flexibility index (Phi) is 7.03. The molecule has 1 saturated heterocycles. The molecule has 2 fully saturated rings. The van der Waals surface area contributed by atoms with Crippen LogP contribution in [0.1, 0.15) is 34.5 Å². The van der Waals surface area contributed by atoms with Crippen LogP contribution in [0.3, 0.4) is 0 Å². The van der Waals surface area contributed by atoms with E-state index in [0.29, 0.717) is 16.6 Å². The molecular formula is C31H30F3N5O2. The summed E-state index contributed by atoms with van der Waals surface area (Å²) in [6.45, 7) is 7.30. The Morgan fingerprint density at radius 2 is 1.71 bits per heavy atom. The number of carboxylic acids is 1. The highest BCUT2D eigenvalue weighted by Crippen LogP contribution is 2.36. The molecule has 2 aromatic carbocycles. The van der Waals surface area contributed by atoms with E-state index >= 15 is 0 Å². The van der Waals surface area contributed by atoms with Crippen LogP contribution in [0.4, 0.5) is 18.9 Å². The number of halogens is 3. The maximum atomic E-state index is 13.8. The van der Waals surface area contributed by atoms with E-state index in [2.05, 4.69) is 44.1 Å². The van der Waals surface area contributed by atoms with Crippen LogP contribution in [0, 0.1) is 12.8 Å². The van der Waals surface area contributed by atoms with E-state index in [1.807, 2.05) is 25.1 Å². The van der Waals surface area contributed by atoms with Crippen molar-refractivity contribution in [3.05, 3.63) is 83.7 Å². The fourth-order valence-corrected chi connectivity index (χ4v) is 5.47. The minimum Gasteiger partial charge on any atom is -0.478 e. The smallest absolute Gasteiger partial charge is 0.434 e. The summed E-state index contributed by atoms with van der Waals surface area (Å²) in [6, 6.07) is 19.0. The molecule has 1 N–H and O–H groups in total. The van der Waals surface area contributed by atoms with Gasteiger partial charge in [0, 0.05) is 44.0 Å². The number of piperazine rings is 1. The maximum absolute atomic E-state index is 13.8. The van der Waals surface area contributed by atoms with Gasteiger partial charge < -0.3 is 10.0 Å². The highest BCUT2D eigenvalue weighted by molar-refractivity contribution is 5.89. The molecule has 0 bridgehead atoms. The molecule has 7 nitrogen and oxygen atoms in total. The van der Waals surface area contributed by atoms with Crippen molar-refractivity contribution < 1.29 is 23.1 Å². The Morgan fingerprint density at radius 1 is 0.976 bits per heavy atom. The number of benzene rings is 2. The summed E-state index contributed by atoms with van der Waals surface area (Å²) in [5.74, 6) is -0.927. The van der Waals surface area contributed by atoms with Crippen molar-refractivity contribution in [1.29, 1.82) is 0 Å². The molecule has 10 heteroatoms. The molecule has 3 heterocycles. The van der Waals surface area contributed by atoms with Crippen molar-refractivity contribution in [3.8, 4) is 28.2 Å². The molecule has 41 heavy (non-hydrogen) atoms. The SMILES string of the molecule is Cc1ccc(-c2ccc(N3CCN(CC4CC4)CC3)cc2)c(-c2cccc(-n3ncc(C(=O)O)c3C(F)(F)F)n2)c1. The second-order valence-corrected chi connectivity index (χ2v) is 10.8. The number of aryl methyl sites for hydroxylation is 1. The van der Waals surface area contributed by atoms with Crippen molar-refractivity contribution in [2.75, 3.05) is 37.6 Å². The summed E-state index contributed by atoms with van der Waals surface area (Å²) >= 11 is 0. The molecule has 1 aliphatic heterocycles. The number of hydrogen-bond acceptors (Lipinski definition) is 5. The van der Waals surface area contributed by atoms with Gasteiger partial charge in [0.1, 0.15) is 5.56 Å². The number of pyridine rings is 1. The first kappa shape index (κ1) is 27.0. The second kappa shape index (κ2) is 10.7. The number of alkyl halides is 3. The summed E-state index contributed by atoms with van der Waals surface area (Å²) in [7, 11) is 0. The van der Waals surface area contributed by atoms with Crippen molar-refractivity contribution in [3.63, 3.8) is 0 Å². The Morgan fingerprint density at radius 3 is 2.37 bits per heavy atom. The Bertz CT molecular complexity index is 1570. The third-order valence-electron chi connectivity index (χ3n) is 7.80. The number of aromatic carboxylic acids is 1. The van der Waals surface area contributed by atoms with E-state index < -0.39 is 23.4 Å². The molecule has 2 aliphatic rings. The number of carboxylic acid groups (broad SMARTS) is 1. The van der Waals surface area contributed by atoms with Gasteiger partial charge in [-0.15, -0.1) is 0 Å². The van der Waals surface area contributed by atoms with Crippen molar-refractivity contribution in [1.82, 2.24) is 19.7 Å². The van der Waals surface area contributed by atoms with E-state index in [-0.39, 0.29) is 5.82 Å². The molecule has 4 aromatic rings. The molecule has 1 saturated carbocycles. The predicted molar refractivity (Wildman–Crippen MR) is 150 cm³/mol. The lowest BCUT2D eigenvalue weighted by atomic mass is 9.95. The number of aromatic nitrogens is 3. The average molecular weight is 562 g/mol. The molecule has 0 spiro atoms. The first-order valence-corrected chi connectivity index (χ1v) is 13.7. The van der Waals surface area contributed by atoms with Gasteiger partial charge in [0.25, 0.3) is 0 Å². The first-order chi connectivity index (χ1) is 19.7. The van der Waals surface area contributed by atoms with Gasteiger partial charge in [-0.3, -0.25) is 4.90 Å². The van der Waals surface area contributed by atoms with Crippen LogP contribution < -0.4 is 4.90 Å². The van der Waals surface area contributed by atoms with Crippen molar-refractivity contribution in [2.24, 2.45) is 5.92 Å². The average Bonchev–Trinajstić information content (AvgIpc) is 3.65. The van der Waals surface area contributed by atoms with E-state index in [0.717, 1.165) is 54.4 Å². The van der Waals surface area contributed by atoms with Crippen LogP contribution in [-0.4, -0.2) is 63.5 Å². The Hall–Kier alpha value is -4.18. The number of rotatable bonds is 7. The fraction of sp³-hybridized carbons (Fsp3) is 0.323. The summed E-state index contributed by atoms with van der Waals surface area (Å²) in [6.07, 6.45) is -1.49. The number of carbonyl (C=O) groups is 1. The molecule has 6 rings (SSSR count). The monoisotopic (exact) mass is 561 g/mol. The zero-order chi connectivity index (χ0) is 28.7. The van der Waals surface area contributed by atoms with E-state index in [1.54, 1.807) is 12.1 Å². The van der Waals surface area contributed by atoms with Gasteiger partial charge in [-0.25, -0.2) is 14.5 Å². The normalized spacial score (nSPS) is 16.2. The quantitative estimate of drug-likeness (QED) is 0.291. The van der Waals surface area contributed by atoms with Crippen LogP contribution >= 0.6 is 0 Å². The van der Waals surface area contributed by atoms with Gasteiger partial charge in [0.05, 0.1) is 11.9 Å². The van der Waals surface area contributed by atoms with Crippen LogP contribution in [0.25, 0.3) is 28.2 Å². The Balaban J connectivity index is 1.29. The highest BCUT2D eigenvalue weighted by Gasteiger charge is 2.41. The van der Waals surface area contributed by atoms with Gasteiger partial charge in [-0.1, -0.05) is 35.9 Å². The van der Waals surface area contributed by atoms with E-state index in [4.69, 9.17) is 0 Å². The minimum atomic E-state index is -4.93. The predicted octanol–water partition coefficient (Wildman–Crippen LogP) is 6.16. The lowest BCUT2D eigenvalue weighted by molar-refractivity contribution is -0.143. The molecular weight excluding hydrogens is 531 g/mol. The van der Waals surface area contributed by atoms with Crippen LogP contribution in [0.15, 0.2) is 66.9 Å². The molecule has 2 aromatic heterocycles. The largest absolute Gasteiger partial charge is 0.478 e. The summed E-state index contributed by atoms with van der Waals surface area (Å²) < 4.78 is 42.0. The Labute approximate surface area is 235 Å². The molecule has 0 amide bonds. The van der Waals surface area contributed by atoms with Gasteiger partial charge in [0.2, 0.25) is 0 Å². The summed E-state index contributed by atoms with van der Waals surface area (Å²) in [5.41, 5.74) is 2.91. The summed E-state index contributed by atoms with van der Waals surface area (Å²) in [4.78, 5) is 20.9. The van der Waals surface area contributed by atoms with E-state index in [1.165, 1.54) is 31.1 Å². The van der Waals surface area contributed by atoms with Crippen LogP contribution in [0.5, 0.6) is 0 Å². The van der Waals surface area contributed by atoms with Gasteiger partial charge >= 0.3 is 12.1 Å². The molecule has 0 unspecified atom stereocenters. The fourth-order valence-electron chi connectivity index (χ4n) is 5.47. The summed E-state index contributed by atoms with van der Waals surface area (Å²) in [5, 5.41) is 13.0. The number of nitrogens with zero attached hydrogens (tertiary/aromatic N) is 5. The van der Waals surface area contributed by atoms with Gasteiger partial charge in [0.15, 0.2) is 11.5 Å². The van der Waals surface area contributed by atoms with Gasteiger partial charge in [-0.2, -0.15) is 18.3 Å². The zero-order valence-corrected chi connectivity index (χ0v) is 22.6. The molecule has 0 radical (unpaired) electrons. The van der Waals surface area contributed by atoms with E-state index in [9.17, 15) is 23.1 Å². The first-order valence-electron chi connectivity index (χ1n) is 13.7. The van der Waals surface area contributed by atoms with Crippen LogP contribution in [0.2, 0.25) is 0 Å². The zero-order valence-electron chi connectivity index (χ0n) is 22.6. The molecule has 1 aliphatic carbocycles. The van der Waals surface area contributed by atoms with Gasteiger partial charge in [-0.05, 0) is 67.1 Å². The van der Waals surface area contributed by atoms with Crippen molar-refractivity contribution in [2.45, 2.75) is 25.9 Å². The lowest BCUT2D eigenvalue weighted by Gasteiger charge is -2.36.